The van der Waals surface area contributed by atoms with Crippen molar-refractivity contribution in [3.63, 3.8) is 0 Å². The van der Waals surface area contributed by atoms with Crippen molar-refractivity contribution in [3.8, 4) is 0 Å². The molecular formula is C24H30N2O3S. The first-order chi connectivity index (χ1) is 14.4. The van der Waals surface area contributed by atoms with Crippen LogP contribution in [0.3, 0.4) is 0 Å². The van der Waals surface area contributed by atoms with Gasteiger partial charge >= 0.3 is 0 Å². The molecule has 2 aromatic rings. The Morgan fingerprint density at radius 3 is 2.53 bits per heavy atom. The number of nitrogens with zero attached hydrogens (tertiary/aromatic N) is 2. The number of anilines is 2. The Morgan fingerprint density at radius 2 is 1.87 bits per heavy atom. The second-order valence-electron chi connectivity index (χ2n) is 8.39. The third-order valence-electron chi connectivity index (χ3n) is 6.09. The second kappa shape index (κ2) is 8.06. The predicted molar refractivity (Wildman–Crippen MR) is 120 cm³/mol. The van der Waals surface area contributed by atoms with E-state index in [1.54, 1.807) is 16.4 Å². The lowest BCUT2D eigenvalue weighted by Crippen LogP contribution is -2.36. The number of hydrogen-bond donors (Lipinski definition) is 0. The molecule has 1 heterocycles. The van der Waals surface area contributed by atoms with E-state index in [2.05, 4.69) is 0 Å². The van der Waals surface area contributed by atoms with Crippen molar-refractivity contribution in [1.29, 1.82) is 0 Å². The predicted octanol–water partition coefficient (Wildman–Crippen LogP) is 4.54. The molecule has 6 heteroatoms. The van der Waals surface area contributed by atoms with Crippen LogP contribution in [0.15, 0.2) is 47.4 Å². The number of benzene rings is 2. The van der Waals surface area contributed by atoms with Crippen LogP contribution in [0.4, 0.5) is 11.4 Å². The van der Waals surface area contributed by atoms with Crippen LogP contribution >= 0.6 is 0 Å². The molecule has 0 unspecified atom stereocenters. The lowest BCUT2D eigenvalue weighted by molar-refractivity contribution is -0.120. The van der Waals surface area contributed by atoms with Crippen molar-refractivity contribution in [2.75, 3.05) is 15.7 Å². The van der Waals surface area contributed by atoms with Gasteiger partial charge in [-0.05, 0) is 74.4 Å². The third-order valence-corrected chi connectivity index (χ3v) is 7.90. The van der Waals surface area contributed by atoms with Gasteiger partial charge in [-0.2, -0.15) is 0 Å². The fourth-order valence-corrected chi connectivity index (χ4v) is 6.03. The smallest absolute Gasteiger partial charge is 0.264 e. The lowest BCUT2D eigenvalue weighted by Gasteiger charge is -2.26. The number of amides is 1. The molecule has 30 heavy (non-hydrogen) atoms. The Hall–Kier alpha value is -2.34. The van der Waals surface area contributed by atoms with E-state index < -0.39 is 10.0 Å². The zero-order chi connectivity index (χ0) is 21.5. The van der Waals surface area contributed by atoms with Crippen molar-refractivity contribution in [1.82, 2.24) is 0 Å². The number of aryl methyl sites for hydroxylation is 1. The van der Waals surface area contributed by atoms with Crippen LogP contribution in [0.25, 0.3) is 0 Å². The molecule has 160 valence electrons. The number of carbonyl (C=O) groups excluding carboxylic acids is 1. The van der Waals surface area contributed by atoms with Gasteiger partial charge in [0.15, 0.2) is 0 Å². The summed E-state index contributed by atoms with van der Waals surface area (Å²) in [6.45, 7) is 6.50. The van der Waals surface area contributed by atoms with Gasteiger partial charge in [0.2, 0.25) is 5.91 Å². The standard InChI is InChI=1S/C24H30N2O3S/c1-4-14-25(22-9-7-6-8-18(22)5-2)30(28,29)21-12-13-23-20(16-21)15-17(3)26(23)24(27)19-10-11-19/h6-9,12-13,16-17,19H,4-5,10-11,14-15H2,1-3H3/t17-/m1/s1. The van der Waals surface area contributed by atoms with E-state index in [1.165, 1.54) is 0 Å². The Morgan fingerprint density at radius 1 is 1.13 bits per heavy atom. The minimum absolute atomic E-state index is 0.0682. The monoisotopic (exact) mass is 426 g/mol. The quantitative estimate of drug-likeness (QED) is 0.653. The fourth-order valence-electron chi connectivity index (χ4n) is 4.38. The largest absolute Gasteiger partial charge is 0.309 e. The first kappa shape index (κ1) is 20.9. The minimum atomic E-state index is -3.70. The number of hydrogen-bond acceptors (Lipinski definition) is 3. The van der Waals surface area contributed by atoms with E-state index in [9.17, 15) is 13.2 Å². The summed E-state index contributed by atoms with van der Waals surface area (Å²) in [5, 5.41) is 0. The fraction of sp³-hybridized carbons (Fsp3) is 0.458. The summed E-state index contributed by atoms with van der Waals surface area (Å²) in [7, 11) is -3.70. The van der Waals surface area contributed by atoms with Gasteiger partial charge in [0.05, 0.1) is 10.6 Å². The molecule has 1 aliphatic carbocycles. The molecule has 1 fully saturated rings. The maximum Gasteiger partial charge on any atom is 0.264 e. The SMILES string of the molecule is CCCN(c1ccccc1CC)S(=O)(=O)c1ccc2c(c1)C[C@@H](C)N2C(=O)C1CC1. The first-order valence-electron chi connectivity index (χ1n) is 10.9. The van der Waals surface area contributed by atoms with Crippen LogP contribution in [-0.4, -0.2) is 26.9 Å². The number of rotatable bonds is 7. The highest BCUT2D eigenvalue weighted by atomic mass is 32.2. The van der Waals surface area contributed by atoms with Crippen molar-refractivity contribution >= 4 is 27.3 Å². The van der Waals surface area contributed by atoms with Gasteiger partial charge in [-0.1, -0.05) is 32.0 Å². The van der Waals surface area contributed by atoms with Gasteiger partial charge in [0.25, 0.3) is 10.0 Å². The normalized spacial score (nSPS) is 18.4. The molecule has 1 amide bonds. The lowest BCUT2D eigenvalue weighted by atomic mass is 10.1. The zero-order valence-corrected chi connectivity index (χ0v) is 18.8. The average Bonchev–Trinajstić information content (AvgIpc) is 3.53. The summed E-state index contributed by atoms with van der Waals surface area (Å²) in [4.78, 5) is 14.9. The summed E-state index contributed by atoms with van der Waals surface area (Å²) in [5.41, 5.74) is 3.58. The van der Waals surface area contributed by atoms with Crippen LogP contribution in [0, 0.1) is 5.92 Å². The van der Waals surface area contributed by atoms with Crippen molar-refractivity contribution in [2.45, 2.75) is 63.8 Å². The maximum atomic E-state index is 13.7. The average molecular weight is 427 g/mol. The molecule has 0 saturated heterocycles. The molecule has 1 aliphatic heterocycles. The van der Waals surface area contributed by atoms with Gasteiger partial charge in [0.1, 0.15) is 0 Å². The molecule has 4 rings (SSSR count). The molecular weight excluding hydrogens is 396 g/mol. The van der Waals surface area contributed by atoms with E-state index >= 15 is 0 Å². The molecule has 5 nitrogen and oxygen atoms in total. The Bertz CT molecular complexity index is 1060. The maximum absolute atomic E-state index is 13.7. The molecule has 0 N–H and O–H groups in total. The Balaban J connectivity index is 1.72. The summed E-state index contributed by atoms with van der Waals surface area (Å²) < 4.78 is 28.8. The molecule has 0 bridgehead atoms. The van der Waals surface area contributed by atoms with Gasteiger partial charge < -0.3 is 4.90 Å². The van der Waals surface area contributed by atoms with Crippen molar-refractivity contribution in [2.24, 2.45) is 5.92 Å². The van der Waals surface area contributed by atoms with E-state index in [0.717, 1.165) is 48.2 Å². The molecule has 0 spiro atoms. The molecule has 2 aliphatic rings. The number of sulfonamides is 1. The number of fused-ring (bicyclic) bond motifs is 1. The molecule has 1 atom stereocenters. The molecule has 2 aromatic carbocycles. The van der Waals surface area contributed by atoms with Crippen molar-refractivity contribution < 1.29 is 13.2 Å². The highest BCUT2D eigenvalue weighted by Gasteiger charge is 2.40. The van der Waals surface area contributed by atoms with E-state index in [1.807, 2.05) is 56.0 Å². The molecule has 0 radical (unpaired) electrons. The third kappa shape index (κ3) is 3.62. The highest BCUT2D eigenvalue weighted by Crippen LogP contribution is 2.40. The zero-order valence-electron chi connectivity index (χ0n) is 18.0. The van der Waals surface area contributed by atoms with Gasteiger partial charge in [-0.3, -0.25) is 9.10 Å². The van der Waals surface area contributed by atoms with Gasteiger partial charge in [-0.25, -0.2) is 8.42 Å². The van der Waals surface area contributed by atoms with Gasteiger partial charge in [0, 0.05) is 24.2 Å². The van der Waals surface area contributed by atoms with Crippen LogP contribution in [-0.2, 0) is 27.7 Å². The Labute approximate surface area is 179 Å². The van der Waals surface area contributed by atoms with E-state index in [0.29, 0.717) is 17.9 Å². The summed E-state index contributed by atoms with van der Waals surface area (Å²) >= 11 is 0. The molecule has 0 aromatic heterocycles. The summed E-state index contributed by atoms with van der Waals surface area (Å²) in [5.74, 6) is 0.328. The van der Waals surface area contributed by atoms with Crippen molar-refractivity contribution in [3.05, 3.63) is 53.6 Å². The summed E-state index contributed by atoms with van der Waals surface area (Å²) in [6.07, 6.45) is 4.12. The Kier molecular flexibility index (Phi) is 5.62. The van der Waals surface area contributed by atoms with Crippen LogP contribution in [0.5, 0.6) is 0 Å². The number of carbonyl (C=O) groups is 1. The second-order valence-corrected chi connectivity index (χ2v) is 10.2. The van der Waals surface area contributed by atoms with Crippen LogP contribution < -0.4 is 9.21 Å². The highest BCUT2D eigenvalue weighted by molar-refractivity contribution is 7.92. The van der Waals surface area contributed by atoms with Crippen LogP contribution in [0.1, 0.15) is 51.2 Å². The van der Waals surface area contributed by atoms with E-state index in [4.69, 9.17) is 0 Å². The summed E-state index contributed by atoms with van der Waals surface area (Å²) in [6, 6.07) is 13.0. The first-order valence-corrected chi connectivity index (χ1v) is 12.4. The number of para-hydroxylation sites is 1. The topological polar surface area (TPSA) is 57.7 Å². The molecule has 1 saturated carbocycles. The van der Waals surface area contributed by atoms with Crippen LogP contribution in [0.2, 0.25) is 0 Å². The van der Waals surface area contributed by atoms with Gasteiger partial charge in [-0.15, -0.1) is 0 Å². The minimum Gasteiger partial charge on any atom is -0.309 e. The van der Waals surface area contributed by atoms with E-state index in [-0.39, 0.29) is 17.9 Å².